The molecule has 4 amide bonds. The summed E-state index contributed by atoms with van der Waals surface area (Å²) in [5.74, 6) is -0.586. The summed E-state index contributed by atoms with van der Waals surface area (Å²) in [5.41, 5.74) is -2.00. The van der Waals surface area contributed by atoms with Crippen molar-refractivity contribution in [1.29, 1.82) is 0 Å². The van der Waals surface area contributed by atoms with Gasteiger partial charge in [0.05, 0.1) is 11.2 Å². The van der Waals surface area contributed by atoms with Crippen molar-refractivity contribution < 1.29 is 33.4 Å². The van der Waals surface area contributed by atoms with E-state index >= 15 is 0 Å². The number of nitrogens with zero attached hydrogens (tertiary/aromatic N) is 1. The van der Waals surface area contributed by atoms with E-state index < -0.39 is 22.0 Å². The molecular formula is C35H63N3O7. The van der Waals surface area contributed by atoms with E-state index in [2.05, 4.69) is 10.6 Å². The first kappa shape index (κ1) is 40.7. The van der Waals surface area contributed by atoms with E-state index in [-0.39, 0.29) is 60.6 Å². The minimum Gasteiger partial charge on any atom is -0.375 e. The molecule has 0 radical (unpaired) electrons. The van der Waals surface area contributed by atoms with Gasteiger partial charge in [0, 0.05) is 68.4 Å². The minimum absolute atomic E-state index is 0.0453. The first-order chi connectivity index (χ1) is 20.7. The van der Waals surface area contributed by atoms with E-state index in [4.69, 9.17) is 9.47 Å². The lowest BCUT2D eigenvalue weighted by Crippen LogP contribution is -2.41. The zero-order chi connectivity index (χ0) is 34.6. The molecule has 0 spiro atoms. The molecule has 45 heavy (non-hydrogen) atoms. The van der Waals surface area contributed by atoms with Crippen LogP contribution in [0.5, 0.6) is 0 Å². The molecule has 2 N–H and O–H groups in total. The summed E-state index contributed by atoms with van der Waals surface area (Å²) >= 11 is 0. The summed E-state index contributed by atoms with van der Waals surface area (Å²) in [4.78, 5) is 63.4. The predicted molar refractivity (Wildman–Crippen MR) is 176 cm³/mol. The summed E-state index contributed by atoms with van der Waals surface area (Å²) in [6.07, 6.45) is 4.19. The van der Waals surface area contributed by atoms with Crippen LogP contribution in [0.15, 0.2) is 0 Å². The van der Waals surface area contributed by atoms with Crippen molar-refractivity contribution in [3.05, 3.63) is 0 Å². The van der Waals surface area contributed by atoms with Crippen molar-refractivity contribution in [3.63, 3.8) is 0 Å². The SMILES string of the molecule is CCC(C)C(=O)C(C)(C)CCOC(C)(C)CCNC(=O)C(C)(C)CCOC(C)(C)CCNC(=O)CCN1C(=O)CC(CC)C1=O. The molecule has 1 aliphatic rings. The first-order valence-electron chi connectivity index (χ1n) is 16.9. The van der Waals surface area contributed by atoms with E-state index in [0.29, 0.717) is 58.4 Å². The Labute approximate surface area is 272 Å². The van der Waals surface area contributed by atoms with Gasteiger partial charge in [-0.15, -0.1) is 0 Å². The Hall–Kier alpha value is -2.33. The van der Waals surface area contributed by atoms with Crippen LogP contribution in [0.2, 0.25) is 0 Å². The lowest BCUT2D eigenvalue weighted by atomic mass is 9.78. The van der Waals surface area contributed by atoms with E-state index in [1.807, 2.05) is 76.2 Å². The van der Waals surface area contributed by atoms with Gasteiger partial charge in [-0.2, -0.15) is 0 Å². The number of hydrogen-bond acceptors (Lipinski definition) is 7. The van der Waals surface area contributed by atoms with Gasteiger partial charge in [0.25, 0.3) is 0 Å². The molecule has 0 bridgehead atoms. The van der Waals surface area contributed by atoms with Crippen LogP contribution in [0.25, 0.3) is 0 Å². The standard InChI is InChI=1S/C35H63N3O7/c1-12-25(3)29(41)32(4,5)17-22-44-35(10,11)16-20-37-31(43)33(6,7)18-23-45-34(8,9)15-19-36-27(39)14-21-38-28(40)24-26(13-2)30(38)42/h25-26H,12-24H2,1-11H3,(H,36,39)(H,37,43). The molecule has 0 aliphatic carbocycles. The molecule has 10 heteroatoms. The molecule has 2 atom stereocenters. The van der Waals surface area contributed by atoms with Gasteiger partial charge < -0.3 is 20.1 Å². The minimum atomic E-state index is -0.628. The maximum absolute atomic E-state index is 13.0. The second kappa shape index (κ2) is 17.5. The van der Waals surface area contributed by atoms with Crippen LogP contribution in [0.1, 0.15) is 128 Å². The van der Waals surface area contributed by atoms with E-state index in [1.54, 1.807) is 0 Å². The third-order valence-corrected chi connectivity index (χ3v) is 9.24. The molecule has 0 aromatic rings. The Kier molecular flexibility index (Phi) is 15.9. The molecule has 0 saturated carbocycles. The summed E-state index contributed by atoms with van der Waals surface area (Å²) in [6.45, 7) is 23.4. The molecule has 260 valence electrons. The number of nitrogens with one attached hydrogen (secondary N) is 2. The molecule has 1 saturated heterocycles. The average molecular weight is 638 g/mol. The molecule has 1 aliphatic heterocycles. The molecule has 2 unspecified atom stereocenters. The number of imide groups is 1. The van der Waals surface area contributed by atoms with Crippen LogP contribution in [0.4, 0.5) is 0 Å². The second-order valence-electron chi connectivity index (χ2n) is 15.2. The van der Waals surface area contributed by atoms with Gasteiger partial charge >= 0.3 is 0 Å². The fraction of sp³-hybridized carbons (Fsp3) is 0.857. The number of ketones is 1. The van der Waals surface area contributed by atoms with Crippen molar-refractivity contribution in [3.8, 4) is 0 Å². The largest absolute Gasteiger partial charge is 0.375 e. The van der Waals surface area contributed by atoms with Gasteiger partial charge in [-0.25, -0.2) is 0 Å². The lowest BCUT2D eigenvalue weighted by molar-refractivity contribution is -0.140. The monoisotopic (exact) mass is 637 g/mol. The van der Waals surface area contributed by atoms with Crippen LogP contribution < -0.4 is 10.6 Å². The van der Waals surface area contributed by atoms with Gasteiger partial charge in [0.15, 0.2) is 0 Å². The Bertz CT molecular complexity index is 1020. The van der Waals surface area contributed by atoms with Crippen LogP contribution >= 0.6 is 0 Å². The Morgan fingerprint density at radius 1 is 0.822 bits per heavy atom. The second-order valence-corrected chi connectivity index (χ2v) is 15.2. The third-order valence-electron chi connectivity index (χ3n) is 9.24. The van der Waals surface area contributed by atoms with E-state index in [1.165, 1.54) is 4.90 Å². The number of ether oxygens (including phenoxy) is 2. The number of rotatable bonds is 22. The molecular weight excluding hydrogens is 574 g/mol. The number of carbonyl (C=O) groups excluding carboxylic acids is 5. The maximum atomic E-state index is 13.0. The Balaban J connectivity index is 2.34. The number of amides is 4. The normalized spacial score (nSPS) is 17.0. The average Bonchev–Trinajstić information content (AvgIpc) is 3.21. The number of Topliss-reactive ketones (excluding diaryl/α,β-unsaturated/α-hetero) is 1. The molecule has 0 aromatic heterocycles. The predicted octanol–water partition coefficient (Wildman–Crippen LogP) is 5.21. The highest BCUT2D eigenvalue weighted by molar-refractivity contribution is 6.03. The summed E-state index contributed by atoms with van der Waals surface area (Å²) < 4.78 is 12.2. The van der Waals surface area contributed by atoms with Gasteiger partial charge in [-0.3, -0.25) is 28.9 Å². The zero-order valence-electron chi connectivity index (χ0n) is 30.2. The fourth-order valence-electron chi connectivity index (χ4n) is 5.22. The van der Waals surface area contributed by atoms with Crippen LogP contribution in [0.3, 0.4) is 0 Å². The number of hydrogen-bond donors (Lipinski definition) is 2. The molecule has 1 heterocycles. The molecule has 10 nitrogen and oxygen atoms in total. The van der Waals surface area contributed by atoms with Crippen molar-refractivity contribution in [1.82, 2.24) is 15.5 Å². The van der Waals surface area contributed by atoms with Gasteiger partial charge in [0.2, 0.25) is 23.6 Å². The van der Waals surface area contributed by atoms with Crippen LogP contribution in [0, 0.1) is 22.7 Å². The van der Waals surface area contributed by atoms with E-state index in [0.717, 1.165) is 6.42 Å². The van der Waals surface area contributed by atoms with Gasteiger partial charge in [-0.05, 0) is 66.2 Å². The summed E-state index contributed by atoms with van der Waals surface area (Å²) in [5, 5.41) is 5.89. The summed E-state index contributed by atoms with van der Waals surface area (Å²) in [7, 11) is 0. The fourth-order valence-corrected chi connectivity index (χ4v) is 5.22. The van der Waals surface area contributed by atoms with Crippen LogP contribution in [-0.2, 0) is 33.4 Å². The topological polar surface area (TPSA) is 131 Å². The third kappa shape index (κ3) is 13.9. The van der Waals surface area contributed by atoms with Gasteiger partial charge in [-0.1, -0.05) is 48.5 Å². The van der Waals surface area contributed by atoms with E-state index in [9.17, 15) is 24.0 Å². The van der Waals surface area contributed by atoms with Crippen molar-refractivity contribution >= 4 is 29.4 Å². The molecule has 1 fully saturated rings. The van der Waals surface area contributed by atoms with Crippen LogP contribution in [-0.4, -0.2) is 78.4 Å². The lowest BCUT2D eigenvalue weighted by Gasteiger charge is -2.31. The first-order valence-corrected chi connectivity index (χ1v) is 16.9. The quantitative estimate of drug-likeness (QED) is 0.156. The molecule has 0 aromatic carbocycles. The van der Waals surface area contributed by atoms with Crippen molar-refractivity contribution in [2.75, 3.05) is 32.8 Å². The summed E-state index contributed by atoms with van der Waals surface area (Å²) in [6, 6.07) is 0. The highest BCUT2D eigenvalue weighted by Crippen LogP contribution is 2.29. The molecule has 1 rings (SSSR count). The number of likely N-dealkylation sites (tertiary alicyclic amines) is 1. The highest BCUT2D eigenvalue weighted by atomic mass is 16.5. The van der Waals surface area contributed by atoms with Crippen molar-refractivity contribution in [2.24, 2.45) is 22.7 Å². The highest BCUT2D eigenvalue weighted by Gasteiger charge is 2.37. The smallest absolute Gasteiger partial charge is 0.232 e. The van der Waals surface area contributed by atoms with Crippen molar-refractivity contribution in [2.45, 2.75) is 139 Å². The Morgan fingerprint density at radius 3 is 1.82 bits per heavy atom. The van der Waals surface area contributed by atoms with Gasteiger partial charge in [0.1, 0.15) is 5.78 Å². The Morgan fingerprint density at radius 2 is 1.33 bits per heavy atom. The maximum Gasteiger partial charge on any atom is 0.232 e. The number of carbonyl (C=O) groups is 5. The zero-order valence-corrected chi connectivity index (χ0v) is 30.2.